The molecule has 0 aliphatic rings. The number of carbonyl (C=O) groups is 1. The monoisotopic (exact) mass is 279 g/mol. The summed E-state index contributed by atoms with van der Waals surface area (Å²) in [6.45, 7) is 0.165. The van der Waals surface area contributed by atoms with Gasteiger partial charge in [-0.2, -0.15) is 5.10 Å². The Bertz CT molecular complexity index is 770. The van der Waals surface area contributed by atoms with Gasteiger partial charge in [-0.1, -0.05) is 60.7 Å². The van der Waals surface area contributed by atoms with Gasteiger partial charge in [-0.25, -0.2) is 4.79 Å². The Morgan fingerprint density at radius 2 is 1.76 bits per heavy atom. The molecule has 0 aliphatic heterocycles. The van der Waals surface area contributed by atoms with Gasteiger partial charge < -0.3 is 4.74 Å². The predicted octanol–water partition coefficient (Wildman–Crippen LogP) is 3.43. The van der Waals surface area contributed by atoms with Crippen LogP contribution >= 0.6 is 0 Å². The molecule has 3 rings (SSSR count). The molecule has 1 aromatic heterocycles. The number of rotatable bonds is 4. The smallest absolute Gasteiger partial charge is 0.356 e. The number of benzene rings is 2. The molecule has 4 nitrogen and oxygen atoms in total. The minimum atomic E-state index is -0.580. The van der Waals surface area contributed by atoms with Crippen LogP contribution in [0, 0.1) is 0 Å². The van der Waals surface area contributed by atoms with Crippen molar-refractivity contribution in [1.29, 1.82) is 0 Å². The van der Waals surface area contributed by atoms with E-state index in [9.17, 15) is 4.79 Å². The summed E-state index contributed by atoms with van der Waals surface area (Å²) in [5, 5.41) is 6.65. The summed E-state index contributed by atoms with van der Waals surface area (Å²) in [6.07, 6.45) is 0. The fourth-order valence-electron chi connectivity index (χ4n) is 1.91. The number of ether oxygens (including phenoxy) is 1. The lowest BCUT2D eigenvalue weighted by atomic mass is 10.1. The van der Waals surface area contributed by atoms with Crippen LogP contribution in [0.2, 0.25) is 0 Å². The molecule has 104 valence electrons. The lowest BCUT2D eigenvalue weighted by Gasteiger charge is -2.02. The zero-order valence-electron chi connectivity index (χ0n) is 12.2. The molecule has 4 heteroatoms. The number of aromatic nitrogens is 2. The van der Waals surface area contributed by atoms with Gasteiger partial charge in [0.1, 0.15) is 12.3 Å². The standard InChI is InChI=1S/C17H14N2O2/c20-17(21-12-13-7-3-1-4-8-13)16-11-15(18-19-16)14-9-5-2-6-10-14/h1-11H,12H2,(H,18,19)/i11D. The normalized spacial score (nSPS) is 11.0. The van der Waals surface area contributed by atoms with E-state index in [1.54, 1.807) is 0 Å². The number of hydrogen-bond acceptors (Lipinski definition) is 3. The molecule has 0 radical (unpaired) electrons. The highest BCUT2D eigenvalue weighted by molar-refractivity contribution is 5.88. The van der Waals surface area contributed by atoms with Gasteiger partial charge in [0, 0.05) is 5.56 Å². The second-order valence-electron chi connectivity index (χ2n) is 4.50. The number of esters is 1. The van der Waals surface area contributed by atoms with Crippen molar-refractivity contribution >= 4 is 5.97 Å². The van der Waals surface area contributed by atoms with Crippen molar-refractivity contribution in [3.05, 3.63) is 78.0 Å². The number of H-pyrrole nitrogens is 1. The molecule has 0 bridgehead atoms. The molecule has 0 aliphatic carbocycles. The third kappa shape index (κ3) is 3.17. The van der Waals surface area contributed by atoms with Crippen molar-refractivity contribution in [3.63, 3.8) is 0 Å². The molecule has 0 unspecified atom stereocenters. The molecule has 21 heavy (non-hydrogen) atoms. The van der Waals surface area contributed by atoms with Crippen LogP contribution in [0.5, 0.6) is 0 Å². The van der Waals surface area contributed by atoms with Gasteiger partial charge in [0.05, 0.1) is 7.06 Å². The van der Waals surface area contributed by atoms with Crippen LogP contribution in [0.4, 0.5) is 0 Å². The minimum Gasteiger partial charge on any atom is -0.456 e. The first-order valence-corrected chi connectivity index (χ1v) is 6.57. The molecule has 0 saturated carbocycles. The van der Waals surface area contributed by atoms with Gasteiger partial charge in [-0.05, 0) is 11.6 Å². The first-order chi connectivity index (χ1) is 10.8. The van der Waals surface area contributed by atoms with Crippen LogP contribution < -0.4 is 0 Å². The predicted molar refractivity (Wildman–Crippen MR) is 79.6 cm³/mol. The lowest BCUT2D eigenvalue weighted by molar-refractivity contribution is 0.0465. The fourth-order valence-corrected chi connectivity index (χ4v) is 1.91. The zero-order chi connectivity index (χ0) is 15.4. The molecule has 1 heterocycles. The SMILES string of the molecule is [2H]c1c(-c2ccccc2)n[nH]c1C(=O)OCc1ccccc1. The van der Waals surface area contributed by atoms with E-state index in [0.29, 0.717) is 5.69 Å². The Kier molecular flexibility index (Phi) is 3.43. The molecular weight excluding hydrogens is 264 g/mol. The summed E-state index contributed by atoms with van der Waals surface area (Å²) in [6, 6.07) is 18.7. The quantitative estimate of drug-likeness (QED) is 0.744. The molecule has 1 N–H and O–H groups in total. The second-order valence-corrected chi connectivity index (χ2v) is 4.50. The van der Waals surface area contributed by atoms with Crippen LogP contribution in [0.1, 0.15) is 17.4 Å². The summed E-state index contributed by atoms with van der Waals surface area (Å²) in [4.78, 5) is 12.1. The fraction of sp³-hybridized carbons (Fsp3) is 0.0588. The van der Waals surface area contributed by atoms with E-state index < -0.39 is 5.97 Å². The van der Waals surface area contributed by atoms with E-state index in [4.69, 9.17) is 6.11 Å². The van der Waals surface area contributed by atoms with E-state index >= 15 is 0 Å². The van der Waals surface area contributed by atoms with Crippen molar-refractivity contribution in [2.45, 2.75) is 6.61 Å². The number of carbonyl (C=O) groups excluding carboxylic acids is 1. The first-order valence-electron chi connectivity index (χ1n) is 7.07. The largest absolute Gasteiger partial charge is 0.456 e. The zero-order valence-corrected chi connectivity index (χ0v) is 11.2. The van der Waals surface area contributed by atoms with Gasteiger partial charge in [-0.15, -0.1) is 0 Å². The minimum absolute atomic E-state index is 0.0456. The van der Waals surface area contributed by atoms with Crippen molar-refractivity contribution in [2.75, 3.05) is 0 Å². The molecule has 0 spiro atoms. The van der Waals surface area contributed by atoms with E-state index in [1.807, 2.05) is 60.7 Å². The Morgan fingerprint density at radius 3 is 2.48 bits per heavy atom. The number of hydrogen-bond donors (Lipinski definition) is 1. The maximum Gasteiger partial charge on any atom is 0.356 e. The van der Waals surface area contributed by atoms with Crippen LogP contribution in [0.3, 0.4) is 0 Å². The lowest BCUT2D eigenvalue weighted by Crippen LogP contribution is -2.05. The molecule has 3 aromatic rings. The molecule has 2 aromatic carbocycles. The van der Waals surface area contributed by atoms with E-state index in [2.05, 4.69) is 10.2 Å². The van der Waals surface area contributed by atoms with Gasteiger partial charge in [0.2, 0.25) is 0 Å². The summed E-state index contributed by atoms with van der Waals surface area (Å²) in [5.41, 5.74) is 2.18. The average molecular weight is 279 g/mol. The third-order valence-electron chi connectivity index (χ3n) is 2.99. The Balaban J connectivity index is 1.75. The Morgan fingerprint density at radius 1 is 1.10 bits per heavy atom. The maximum absolute atomic E-state index is 12.1. The van der Waals surface area contributed by atoms with Gasteiger partial charge >= 0.3 is 5.97 Å². The molecular formula is C17H14N2O2. The topological polar surface area (TPSA) is 55.0 Å². The highest BCUT2D eigenvalue weighted by atomic mass is 16.5. The van der Waals surface area contributed by atoms with E-state index in [-0.39, 0.29) is 18.3 Å². The second kappa shape index (κ2) is 6.05. The highest BCUT2D eigenvalue weighted by Crippen LogP contribution is 2.17. The van der Waals surface area contributed by atoms with Crippen molar-refractivity contribution in [1.82, 2.24) is 10.2 Å². The molecule has 0 saturated heterocycles. The first kappa shape index (κ1) is 11.9. The van der Waals surface area contributed by atoms with Gasteiger partial charge in [-0.3, -0.25) is 5.10 Å². The molecule has 0 atom stereocenters. The number of aromatic amines is 1. The van der Waals surface area contributed by atoms with Crippen LogP contribution in [-0.4, -0.2) is 16.2 Å². The average Bonchev–Trinajstić information content (AvgIpc) is 2.96. The number of nitrogens with zero attached hydrogens (tertiary/aromatic N) is 1. The maximum atomic E-state index is 12.1. The van der Waals surface area contributed by atoms with Crippen LogP contribution in [-0.2, 0) is 11.3 Å². The summed E-state index contributed by atoms with van der Waals surface area (Å²) in [7, 11) is 0. The third-order valence-corrected chi connectivity index (χ3v) is 2.99. The van der Waals surface area contributed by atoms with E-state index in [0.717, 1.165) is 11.1 Å². The highest BCUT2D eigenvalue weighted by Gasteiger charge is 2.12. The van der Waals surface area contributed by atoms with Gasteiger partial charge in [0.15, 0.2) is 0 Å². The molecule has 0 fully saturated rings. The van der Waals surface area contributed by atoms with Gasteiger partial charge in [0.25, 0.3) is 0 Å². The summed E-state index contributed by atoms with van der Waals surface area (Å²) >= 11 is 0. The van der Waals surface area contributed by atoms with Crippen LogP contribution in [0.15, 0.2) is 66.7 Å². The van der Waals surface area contributed by atoms with Crippen LogP contribution in [0.25, 0.3) is 11.3 Å². The molecule has 0 amide bonds. The Hall–Kier alpha value is -2.88. The summed E-state index contributed by atoms with van der Waals surface area (Å²) < 4.78 is 13.3. The summed E-state index contributed by atoms with van der Waals surface area (Å²) in [5.74, 6) is -0.580. The van der Waals surface area contributed by atoms with Crippen molar-refractivity contribution in [3.8, 4) is 11.3 Å². The number of nitrogens with one attached hydrogen (secondary N) is 1. The Labute approximate surface area is 123 Å². The van der Waals surface area contributed by atoms with Crippen molar-refractivity contribution < 1.29 is 10.9 Å². The van der Waals surface area contributed by atoms with E-state index in [1.165, 1.54) is 0 Å². The van der Waals surface area contributed by atoms with Crippen molar-refractivity contribution in [2.24, 2.45) is 0 Å².